The van der Waals surface area contributed by atoms with E-state index in [0.29, 0.717) is 5.75 Å². The van der Waals surface area contributed by atoms with Gasteiger partial charge in [-0.1, -0.05) is 36.4 Å². The van der Waals surface area contributed by atoms with E-state index in [1.807, 2.05) is 36.4 Å². The Hall–Kier alpha value is -3.09. The van der Waals surface area contributed by atoms with E-state index in [0.717, 1.165) is 10.8 Å². The zero-order chi connectivity index (χ0) is 18.1. The molecular formula is C18H20N2O5. The van der Waals surface area contributed by atoms with Gasteiger partial charge in [0.2, 0.25) is 5.91 Å². The van der Waals surface area contributed by atoms with Crippen LogP contribution in [0.2, 0.25) is 0 Å². The van der Waals surface area contributed by atoms with Gasteiger partial charge < -0.3 is 9.47 Å². The predicted octanol–water partition coefficient (Wildman–Crippen LogP) is 1.71. The van der Waals surface area contributed by atoms with Gasteiger partial charge in [0.15, 0.2) is 6.61 Å². The van der Waals surface area contributed by atoms with Crippen LogP contribution in [-0.4, -0.2) is 31.0 Å². The molecule has 7 nitrogen and oxygen atoms in total. The van der Waals surface area contributed by atoms with E-state index < -0.39 is 17.8 Å². The topological polar surface area (TPSA) is 93.7 Å². The lowest BCUT2D eigenvalue weighted by Crippen LogP contribution is -2.43. The molecule has 0 radical (unpaired) electrons. The van der Waals surface area contributed by atoms with E-state index in [4.69, 9.17) is 9.47 Å². The fourth-order valence-electron chi connectivity index (χ4n) is 2.15. The van der Waals surface area contributed by atoms with Gasteiger partial charge in [0.25, 0.3) is 5.91 Å². The molecule has 0 atom stereocenters. The summed E-state index contributed by atoms with van der Waals surface area (Å²) < 4.78 is 10.2. The molecule has 2 aromatic rings. The van der Waals surface area contributed by atoms with Gasteiger partial charge in [0, 0.05) is 11.8 Å². The average Bonchev–Trinajstić information content (AvgIpc) is 2.63. The molecule has 0 heterocycles. The second-order valence-electron chi connectivity index (χ2n) is 5.17. The second-order valence-corrected chi connectivity index (χ2v) is 5.17. The molecule has 0 aliphatic rings. The van der Waals surface area contributed by atoms with Gasteiger partial charge in [-0.05, 0) is 18.4 Å². The van der Waals surface area contributed by atoms with Crippen LogP contribution in [0, 0.1) is 0 Å². The molecule has 0 spiro atoms. The van der Waals surface area contributed by atoms with E-state index in [9.17, 15) is 14.4 Å². The SMILES string of the molecule is CCOC(=O)CCC(=O)NNC(=O)COc1cccc2ccccc12. The number of hydrogen-bond acceptors (Lipinski definition) is 5. The lowest BCUT2D eigenvalue weighted by Gasteiger charge is -2.10. The van der Waals surface area contributed by atoms with Crippen LogP contribution >= 0.6 is 0 Å². The Morgan fingerprint density at radius 3 is 2.44 bits per heavy atom. The minimum absolute atomic E-state index is 0.0396. The highest BCUT2D eigenvalue weighted by Crippen LogP contribution is 2.24. The highest BCUT2D eigenvalue weighted by Gasteiger charge is 2.09. The van der Waals surface area contributed by atoms with Crippen molar-refractivity contribution in [3.8, 4) is 5.75 Å². The molecule has 25 heavy (non-hydrogen) atoms. The number of amides is 2. The minimum atomic E-state index is -0.502. The smallest absolute Gasteiger partial charge is 0.306 e. The van der Waals surface area contributed by atoms with Crippen molar-refractivity contribution in [1.29, 1.82) is 0 Å². The maximum atomic E-state index is 11.8. The van der Waals surface area contributed by atoms with Gasteiger partial charge in [0.1, 0.15) is 5.75 Å². The molecule has 132 valence electrons. The first-order valence-electron chi connectivity index (χ1n) is 7.94. The van der Waals surface area contributed by atoms with Crippen molar-refractivity contribution in [2.75, 3.05) is 13.2 Å². The zero-order valence-corrected chi connectivity index (χ0v) is 13.9. The largest absolute Gasteiger partial charge is 0.483 e. The van der Waals surface area contributed by atoms with Crippen LogP contribution in [-0.2, 0) is 19.1 Å². The van der Waals surface area contributed by atoms with Crippen molar-refractivity contribution in [2.24, 2.45) is 0 Å². The number of rotatable bonds is 7. The lowest BCUT2D eigenvalue weighted by molar-refractivity contribution is -0.144. The molecule has 2 amide bonds. The molecule has 0 aliphatic heterocycles. The number of hydrogen-bond donors (Lipinski definition) is 2. The fraction of sp³-hybridized carbons (Fsp3) is 0.278. The first-order valence-corrected chi connectivity index (χ1v) is 7.94. The van der Waals surface area contributed by atoms with E-state index in [-0.39, 0.29) is 26.1 Å². The predicted molar refractivity (Wildman–Crippen MR) is 91.6 cm³/mol. The number of carbonyl (C=O) groups is 3. The van der Waals surface area contributed by atoms with Crippen molar-refractivity contribution in [1.82, 2.24) is 10.9 Å². The van der Waals surface area contributed by atoms with E-state index in [1.54, 1.807) is 13.0 Å². The Labute approximate surface area is 145 Å². The molecule has 2 rings (SSSR count). The first kappa shape index (κ1) is 18.3. The molecule has 2 aromatic carbocycles. The maximum absolute atomic E-state index is 11.8. The average molecular weight is 344 g/mol. The summed E-state index contributed by atoms with van der Waals surface area (Å²) in [6, 6.07) is 13.2. The van der Waals surface area contributed by atoms with Gasteiger partial charge in [-0.15, -0.1) is 0 Å². The minimum Gasteiger partial charge on any atom is -0.483 e. The van der Waals surface area contributed by atoms with Crippen LogP contribution in [0.1, 0.15) is 19.8 Å². The Morgan fingerprint density at radius 2 is 1.64 bits per heavy atom. The van der Waals surface area contributed by atoms with E-state index in [2.05, 4.69) is 10.9 Å². The van der Waals surface area contributed by atoms with Gasteiger partial charge in [-0.25, -0.2) is 0 Å². The summed E-state index contributed by atoms with van der Waals surface area (Å²) >= 11 is 0. The lowest BCUT2D eigenvalue weighted by atomic mass is 10.1. The Bertz CT molecular complexity index is 755. The third-order valence-corrected chi connectivity index (χ3v) is 3.31. The molecule has 2 N–H and O–H groups in total. The van der Waals surface area contributed by atoms with Crippen LogP contribution in [0.4, 0.5) is 0 Å². The first-order chi connectivity index (χ1) is 12.1. The second kappa shape index (κ2) is 9.27. The monoisotopic (exact) mass is 344 g/mol. The molecule has 0 unspecified atom stereocenters. The van der Waals surface area contributed by atoms with Crippen molar-refractivity contribution >= 4 is 28.6 Å². The number of hydrazine groups is 1. The van der Waals surface area contributed by atoms with Crippen LogP contribution in [0.25, 0.3) is 10.8 Å². The number of carbonyl (C=O) groups excluding carboxylic acids is 3. The summed E-state index contributed by atoms with van der Waals surface area (Å²) in [5.74, 6) is -0.853. The quantitative estimate of drug-likeness (QED) is 0.589. The molecule has 0 aromatic heterocycles. The zero-order valence-electron chi connectivity index (χ0n) is 13.9. The Balaban J connectivity index is 1.75. The van der Waals surface area contributed by atoms with Crippen molar-refractivity contribution in [2.45, 2.75) is 19.8 Å². The molecule has 0 saturated carbocycles. The summed E-state index contributed by atoms with van der Waals surface area (Å²) in [6.07, 6.45) is -0.106. The van der Waals surface area contributed by atoms with Crippen molar-refractivity contribution in [3.05, 3.63) is 42.5 Å². The summed E-state index contributed by atoms with van der Waals surface area (Å²) in [7, 11) is 0. The van der Waals surface area contributed by atoms with Crippen LogP contribution in [0.5, 0.6) is 5.75 Å². The number of esters is 1. The summed E-state index contributed by atoms with van der Waals surface area (Å²) in [6.45, 7) is 1.71. The molecular weight excluding hydrogens is 324 g/mol. The molecule has 0 bridgehead atoms. The highest BCUT2D eigenvalue weighted by molar-refractivity contribution is 5.89. The van der Waals surface area contributed by atoms with E-state index in [1.165, 1.54) is 0 Å². The van der Waals surface area contributed by atoms with Crippen molar-refractivity contribution in [3.63, 3.8) is 0 Å². The molecule has 0 fully saturated rings. The fourth-order valence-corrected chi connectivity index (χ4v) is 2.15. The number of fused-ring (bicyclic) bond motifs is 1. The number of benzene rings is 2. The van der Waals surface area contributed by atoms with Gasteiger partial charge in [0.05, 0.1) is 13.0 Å². The molecule has 0 aliphatic carbocycles. The number of nitrogens with one attached hydrogen (secondary N) is 2. The Kier molecular flexibility index (Phi) is 6.76. The summed E-state index contributed by atoms with van der Waals surface area (Å²) in [4.78, 5) is 34.4. The van der Waals surface area contributed by atoms with E-state index >= 15 is 0 Å². The van der Waals surface area contributed by atoms with Crippen LogP contribution in [0.3, 0.4) is 0 Å². The third kappa shape index (κ3) is 5.80. The Morgan fingerprint density at radius 1 is 0.920 bits per heavy atom. The van der Waals surface area contributed by atoms with Crippen LogP contribution < -0.4 is 15.6 Å². The molecule has 7 heteroatoms. The number of ether oxygens (including phenoxy) is 2. The van der Waals surface area contributed by atoms with Crippen molar-refractivity contribution < 1.29 is 23.9 Å². The van der Waals surface area contributed by atoms with Gasteiger partial charge in [-0.3, -0.25) is 25.2 Å². The highest BCUT2D eigenvalue weighted by atomic mass is 16.5. The summed E-state index contributed by atoms with van der Waals surface area (Å²) in [5.41, 5.74) is 4.47. The summed E-state index contributed by atoms with van der Waals surface area (Å²) in [5, 5.41) is 1.91. The third-order valence-electron chi connectivity index (χ3n) is 3.31. The normalized spacial score (nSPS) is 10.1. The maximum Gasteiger partial charge on any atom is 0.306 e. The van der Waals surface area contributed by atoms with Gasteiger partial charge >= 0.3 is 5.97 Å². The molecule has 0 saturated heterocycles. The van der Waals surface area contributed by atoms with Gasteiger partial charge in [-0.2, -0.15) is 0 Å². The standard InChI is InChI=1S/C18H20N2O5/c1-2-24-18(23)11-10-16(21)19-20-17(22)12-25-15-9-5-7-13-6-3-4-8-14(13)15/h3-9H,2,10-12H2,1H3,(H,19,21)(H,20,22). The van der Waals surface area contributed by atoms with Crippen LogP contribution in [0.15, 0.2) is 42.5 Å².